The van der Waals surface area contributed by atoms with Gasteiger partial charge in [0, 0.05) is 19.3 Å². The second kappa shape index (κ2) is 59.5. The summed E-state index contributed by atoms with van der Waals surface area (Å²) in [5.41, 5.74) is 0. The minimum Gasteiger partial charge on any atom is -0.462 e. The van der Waals surface area contributed by atoms with Gasteiger partial charge in [-0.3, -0.25) is 14.4 Å². The number of ether oxygens (including phenoxy) is 3. The molecule has 0 aliphatic rings. The van der Waals surface area contributed by atoms with Gasteiger partial charge < -0.3 is 14.2 Å². The average molecular weight is 986 g/mol. The van der Waals surface area contributed by atoms with Crippen molar-refractivity contribution in [1.82, 2.24) is 0 Å². The van der Waals surface area contributed by atoms with Crippen LogP contribution in [0.1, 0.15) is 348 Å². The molecule has 0 radical (unpaired) electrons. The van der Waals surface area contributed by atoms with Gasteiger partial charge in [-0.1, -0.05) is 283 Å². The summed E-state index contributed by atoms with van der Waals surface area (Å²) in [6, 6.07) is 0. The topological polar surface area (TPSA) is 78.9 Å². The van der Waals surface area contributed by atoms with Gasteiger partial charge in [-0.25, -0.2) is 0 Å². The quantitative estimate of drug-likeness (QED) is 0.0261. The Morgan fingerprint density at radius 3 is 0.714 bits per heavy atom. The van der Waals surface area contributed by atoms with E-state index in [4.69, 9.17) is 14.2 Å². The summed E-state index contributed by atoms with van der Waals surface area (Å²) in [5, 5.41) is 0. The monoisotopic (exact) mass is 985 g/mol. The second-order valence-electron chi connectivity index (χ2n) is 21.3. The fraction of sp³-hybridized carbons (Fsp3) is 0.891. The highest BCUT2D eigenvalue weighted by Crippen LogP contribution is 2.17. The van der Waals surface area contributed by atoms with Crippen molar-refractivity contribution in [2.24, 2.45) is 0 Å². The van der Waals surface area contributed by atoms with Crippen molar-refractivity contribution in [1.29, 1.82) is 0 Å². The standard InChI is InChI=1S/C64H120O6/c1-4-7-10-13-16-19-22-25-28-31-34-36-39-42-45-48-51-54-57-63(66)69-60-61(70-64(67)58-55-52-49-46-43-40-37-33-30-27-24-21-18-15-12-9-6-3)59-68-62(65)56-53-50-47-44-41-38-35-32-29-26-23-20-17-14-11-8-5-2/h27,30,34,36,61H,4-26,28-29,31-33,35,37-60H2,1-3H3/b30-27-,36-34-. The molecule has 0 saturated heterocycles. The van der Waals surface area contributed by atoms with Crippen LogP contribution in [0.25, 0.3) is 0 Å². The van der Waals surface area contributed by atoms with Crippen LogP contribution in [0.3, 0.4) is 0 Å². The molecular weight excluding hydrogens is 865 g/mol. The van der Waals surface area contributed by atoms with Crippen molar-refractivity contribution in [2.45, 2.75) is 354 Å². The maximum absolute atomic E-state index is 12.9. The highest BCUT2D eigenvalue weighted by Gasteiger charge is 2.19. The van der Waals surface area contributed by atoms with Gasteiger partial charge in [0.2, 0.25) is 0 Å². The number of rotatable bonds is 58. The van der Waals surface area contributed by atoms with Crippen LogP contribution in [0.2, 0.25) is 0 Å². The van der Waals surface area contributed by atoms with E-state index in [1.807, 2.05) is 0 Å². The Morgan fingerprint density at radius 1 is 0.271 bits per heavy atom. The molecule has 0 bridgehead atoms. The van der Waals surface area contributed by atoms with Gasteiger partial charge in [-0.2, -0.15) is 0 Å². The lowest BCUT2D eigenvalue weighted by Gasteiger charge is -2.18. The lowest BCUT2D eigenvalue weighted by Crippen LogP contribution is -2.30. The van der Waals surface area contributed by atoms with Crippen molar-refractivity contribution in [3.8, 4) is 0 Å². The van der Waals surface area contributed by atoms with Crippen LogP contribution in [-0.4, -0.2) is 37.2 Å². The van der Waals surface area contributed by atoms with Gasteiger partial charge in [-0.05, 0) is 70.6 Å². The summed E-state index contributed by atoms with van der Waals surface area (Å²) in [6.45, 7) is 6.69. The number of carbonyl (C=O) groups excluding carboxylic acids is 3. The van der Waals surface area contributed by atoms with E-state index in [1.165, 1.54) is 244 Å². The van der Waals surface area contributed by atoms with Gasteiger partial charge in [-0.15, -0.1) is 0 Å². The van der Waals surface area contributed by atoms with Crippen molar-refractivity contribution >= 4 is 17.9 Å². The Labute approximate surface area is 436 Å². The molecule has 0 N–H and O–H groups in total. The molecule has 0 heterocycles. The number of allylic oxidation sites excluding steroid dienone is 4. The van der Waals surface area contributed by atoms with Crippen LogP contribution in [0.15, 0.2) is 24.3 Å². The first kappa shape index (κ1) is 67.9. The molecule has 0 rings (SSSR count). The Morgan fingerprint density at radius 2 is 0.471 bits per heavy atom. The first-order valence-corrected chi connectivity index (χ1v) is 31.3. The summed E-state index contributed by atoms with van der Waals surface area (Å²) in [4.78, 5) is 38.3. The molecule has 1 unspecified atom stereocenters. The van der Waals surface area contributed by atoms with Gasteiger partial charge >= 0.3 is 17.9 Å². The van der Waals surface area contributed by atoms with Gasteiger partial charge in [0.15, 0.2) is 6.10 Å². The largest absolute Gasteiger partial charge is 0.462 e. The van der Waals surface area contributed by atoms with Gasteiger partial charge in [0.1, 0.15) is 13.2 Å². The summed E-state index contributed by atoms with van der Waals surface area (Å²) < 4.78 is 16.9. The average Bonchev–Trinajstić information content (AvgIpc) is 3.36. The number of hydrogen-bond donors (Lipinski definition) is 0. The van der Waals surface area contributed by atoms with Crippen LogP contribution in [0.4, 0.5) is 0 Å². The molecule has 0 aliphatic carbocycles. The fourth-order valence-electron chi connectivity index (χ4n) is 9.44. The summed E-state index contributed by atoms with van der Waals surface area (Å²) >= 11 is 0. The Hall–Kier alpha value is -2.11. The van der Waals surface area contributed by atoms with Crippen molar-refractivity contribution in [2.75, 3.05) is 13.2 Å². The molecule has 0 aromatic carbocycles. The zero-order valence-electron chi connectivity index (χ0n) is 47.3. The molecule has 1 atom stereocenters. The summed E-state index contributed by atoms with van der Waals surface area (Å²) in [6.07, 6.45) is 70.3. The molecule has 0 aromatic heterocycles. The first-order valence-electron chi connectivity index (χ1n) is 31.3. The number of unbranched alkanes of at least 4 members (excludes halogenated alkanes) is 43. The molecule has 0 spiro atoms. The highest BCUT2D eigenvalue weighted by molar-refractivity contribution is 5.71. The summed E-state index contributed by atoms with van der Waals surface area (Å²) in [5.74, 6) is -0.859. The lowest BCUT2D eigenvalue weighted by molar-refractivity contribution is -0.167. The molecule has 412 valence electrons. The minimum atomic E-state index is -0.774. The third kappa shape index (κ3) is 56.8. The van der Waals surface area contributed by atoms with E-state index in [2.05, 4.69) is 45.1 Å². The first-order chi connectivity index (χ1) is 34.5. The van der Waals surface area contributed by atoms with Crippen molar-refractivity contribution in [3.63, 3.8) is 0 Å². The molecule has 0 amide bonds. The molecule has 0 aromatic rings. The second-order valence-corrected chi connectivity index (χ2v) is 21.3. The highest BCUT2D eigenvalue weighted by atomic mass is 16.6. The number of esters is 3. The van der Waals surface area contributed by atoms with Crippen LogP contribution in [-0.2, 0) is 28.6 Å². The van der Waals surface area contributed by atoms with Crippen molar-refractivity contribution in [3.05, 3.63) is 24.3 Å². The zero-order valence-corrected chi connectivity index (χ0v) is 47.3. The van der Waals surface area contributed by atoms with Crippen LogP contribution >= 0.6 is 0 Å². The van der Waals surface area contributed by atoms with E-state index in [1.54, 1.807) is 0 Å². The van der Waals surface area contributed by atoms with E-state index < -0.39 is 6.10 Å². The molecule has 6 nitrogen and oxygen atoms in total. The van der Waals surface area contributed by atoms with E-state index in [-0.39, 0.29) is 31.1 Å². The van der Waals surface area contributed by atoms with E-state index in [0.717, 1.165) is 64.2 Å². The van der Waals surface area contributed by atoms with Crippen LogP contribution in [0, 0.1) is 0 Å². The molecular formula is C64H120O6. The Balaban J connectivity index is 4.34. The Bertz CT molecular complexity index is 1130. The van der Waals surface area contributed by atoms with Crippen molar-refractivity contribution < 1.29 is 28.6 Å². The smallest absolute Gasteiger partial charge is 0.306 e. The van der Waals surface area contributed by atoms with Crippen LogP contribution < -0.4 is 0 Å². The molecule has 70 heavy (non-hydrogen) atoms. The number of carbonyl (C=O) groups is 3. The predicted molar refractivity (Wildman–Crippen MR) is 303 cm³/mol. The Kier molecular flexibility index (Phi) is 57.7. The van der Waals surface area contributed by atoms with E-state index in [9.17, 15) is 14.4 Å². The normalized spacial score (nSPS) is 12.1. The van der Waals surface area contributed by atoms with E-state index >= 15 is 0 Å². The fourth-order valence-corrected chi connectivity index (χ4v) is 9.44. The minimum absolute atomic E-state index is 0.0707. The van der Waals surface area contributed by atoms with Crippen LogP contribution in [0.5, 0.6) is 0 Å². The summed E-state index contributed by atoms with van der Waals surface area (Å²) in [7, 11) is 0. The zero-order chi connectivity index (χ0) is 50.7. The molecule has 0 saturated carbocycles. The van der Waals surface area contributed by atoms with E-state index in [0.29, 0.717) is 19.3 Å². The lowest BCUT2D eigenvalue weighted by atomic mass is 10.0. The SMILES string of the molecule is CCCCCCCC/C=C\CCCCCCCCCC(=O)OC(COC(=O)CCCCCCC/C=C\CCCCCCCCCCC)COC(=O)CCCCCCCCCCCCCCCCCCC. The predicted octanol–water partition coefficient (Wildman–Crippen LogP) is 21.1. The molecule has 0 fully saturated rings. The maximum Gasteiger partial charge on any atom is 0.306 e. The third-order valence-corrected chi connectivity index (χ3v) is 14.2. The van der Waals surface area contributed by atoms with Gasteiger partial charge in [0.05, 0.1) is 0 Å². The molecule has 6 heteroatoms. The molecule has 0 aliphatic heterocycles. The number of hydrogen-bond acceptors (Lipinski definition) is 6. The maximum atomic E-state index is 12.9. The van der Waals surface area contributed by atoms with Gasteiger partial charge in [0.25, 0.3) is 0 Å². The third-order valence-electron chi connectivity index (χ3n) is 14.2.